The maximum absolute atomic E-state index is 12.6. The first-order valence-corrected chi connectivity index (χ1v) is 11.2. The number of nitrogens with zero attached hydrogens (tertiary/aromatic N) is 3. The minimum absolute atomic E-state index is 0. The summed E-state index contributed by atoms with van der Waals surface area (Å²) >= 11 is 0. The number of nitrogen functional groups attached to an aromatic ring is 2. The summed E-state index contributed by atoms with van der Waals surface area (Å²) in [5.41, 5.74) is 13.4. The van der Waals surface area contributed by atoms with Crippen LogP contribution in [0.4, 0.5) is 23.0 Å². The van der Waals surface area contributed by atoms with Gasteiger partial charge in [0.1, 0.15) is 11.5 Å². The van der Waals surface area contributed by atoms with Gasteiger partial charge in [-0.15, -0.1) is 17.5 Å². The van der Waals surface area contributed by atoms with Gasteiger partial charge in [0, 0.05) is 5.56 Å². The van der Waals surface area contributed by atoms with Crippen molar-refractivity contribution in [3.63, 3.8) is 0 Å². The monoisotopic (exact) mass is 531 g/mol. The fraction of sp³-hybridized carbons (Fsp3) is 0.0714. The third-order valence-electron chi connectivity index (χ3n) is 5.25. The van der Waals surface area contributed by atoms with E-state index in [0.717, 1.165) is 11.3 Å². The summed E-state index contributed by atoms with van der Waals surface area (Å²) in [5, 5.41) is 8.47. The second-order valence-corrected chi connectivity index (χ2v) is 7.67. The fourth-order valence-electron chi connectivity index (χ4n) is 3.47. The van der Waals surface area contributed by atoms with E-state index in [2.05, 4.69) is 15.2 Å². The Bertz CT molecular complexity index is 1590. The maximum Gasteiger partial charge on any atom is 0.235 e. The van der Waals surface area contributed by atoms with Gasteiger partial charge in [0.15, 0.2) is 22.9 Å². The highest BCUT2D eigenvalue weighted by Crippen LogP contribution is 2.34. The largest absolute Gasteiger partial charge is 0.493 e. The zero-order chi connectivity index (χ0) is 26.2. The number of pyridine rings is 1. The second-order valence-electron chi connectivity index (χ2n) is 7.67. The Kier molecular flexibility index (Phi) is 9.39. The number of hydrogen-bond acceptors (Lipinski definition) is 9. The molecule has 0 saturated carbocycles. The van der Waals surface area contributed by atoms with Crippen LogP contribution in [0.2, 0.25) is 0 Å². The van der Waals surface area contributed by atoms with E-state index in [1.807, 2.05) is 60.7 Å². The molecule has 0 aliphatic heterocycles. The van der Waals surface area contributed by atoms with Crippen molar-refractivity contribution in [2.75, 3.05) is 25.7 Å². The van der Waals surface area contributed by atoms with E-state index >= 15 is 0 Å². The standard InChI is InChI=1S/C17H14O4.C11H11N5.ClH/c1-19-13-10-6-9-12-14(18)17(20-2)15(21-16(12)13)11-7-4-3-5-8-11;12-10-7-6-9(11(13)14-10)16-15-8-4-2-1-3-5-8;/h3-10H,1-2H3;1-7H,(H4,12,13,14);1H. The Morgan fingerprint density at radius 3 is 2.11 bits per heavy atom. The van der Waals surface area contributed by atoms with Crippen LogP contribution < -0.4 is 26.4 Å². The van der Waals surface area contributed by atoms with Crippen molar-refractivity contribution in [3.05, 3.63) is 101 Å². The van der Waals surface area contributed by atoms with Gasteiger partial charge in [0.25, 0.3) is 0 Å². The summed E-state index contributed by atoms with van der Waals surface area (Å²) in [6.07, 6.45) is 0. The molecule has 0 atom stereocenters. The molecule has 10 heteroatoms. The number of rotatable bonds is 5. The first kappa shape index (κ1) is 27.7. The molecule has 0 saturated heterocycles. The Balaban J connectivity index is 0.000000213. The number of nitrogens with two attached hydrogens (primary N) is 2. The van der Waals surface area contributed by atoms with E-state index in [-0.39, 0.29) is 29.4 Å². The summed E-state index contributed by atoms with van der Waals surface area (Å²) < 4.78 is 16.5. The van der Waals surface area contributed by atoms with Gasteiger partial charge in [0.2, 0.25) is 11.2 Å². The number of methoxy groups -OCH3 is 2. The van der Waals surface area contributed by atoms with E-state index in [4.69, 9.17) is 25.4 Å². The van der Waals surface area contributed by atoms with Crippen LogP contribution in [0.3, 0.4) is 0 Å². The van der Waals surface area contributed by atoms with Crippen LogP contribution in [0.5, 0.6) is 11.5 Å². The van der Waals surface area contributed by atoms with Crippen molar-refractivity contribution in [1.29, 1.82) is 0 Å². The van der Waals surface area contributed by atoms with Crippen LogP contribution in [-0.4, -0.2) is 19.2 Å². The average Bonchev–Trinajstić information content (AvgIpc) is 2.93. The highest BCUT2D eigenvalue weighted by atomic mass is 35.5. The molecule has 2 heterocycles. The minimum Gasteiger partial charge on any atom is -0.493 e. The highest BCUT2D eigenvalue weighted by Gasteiger charge is 2.18. The molecule has 0 amide bonds. The van der Waals surface area contributed by atoms with Crippen LogP contribution in [-0.2, 0) is 0 Å². The zero-order valence-corrected chi connectivity index (χ0v) is 21.5. The summed E-state index contributed by atoms with van der Waals surface area (Å²) in [4.78, 5) is 16.5. The van der Waals surface area contributed by atoms with E-state index in [1.165, 1.54) is 7.11 Å². The molecule has 4 N–H and O–H groups in total. The smallest absolute Gasteiger partial charge is 0.235 e. The van der Waals surface area contributed by atoms with Crippen molar-refractivity contribution < 1.29 is 13.9 Å². The van der Waals surface area contributed by atoms with Crippen molar-refractivity contribution in [3.8, 4) is 22.8 Å². The molecule has 9 nitrogen and oxygen atoms in total. The van der Waals surface area contributed by atoms with Gasteiger partial charge in [-0.1, -0.05) is 54.6 Å². The molecule has 5 aromatic rings. The molecule has 0 unspecified atom stereocenters. The molecule has 0 aliphatic rings. The van der Waals surface area contributed by atoms with E-state index < -0.39 is 0 Å². The number of azo groups is 1. The molecule has 0 fully saturated rings. The summed E-state index contributed by atoms with van der Waals surface area (Å²) in [7, 11) is 3.01. The molecule has 0 spiro atoms. The van der Waals surface area contributed by atoms with Crippen molar-refractivity contribution in [2.45, 2.75) is 0 Å². The zero-order valence-electron chi connectivity index (χ0n) is 20.7. The van der Waals surface area contributed by atoms with E-state index in [1.54, 1.807) is 37.4 Å². The van der Waals surface area contributed by atoms with Crippen LogP contribution in [0.15, 0.2) is 110 Å². The van der Waals surface area contributed by atoms with Crippen LogP contribution in [0, 0.1) is 0 Å². The molecule has 38 heavy (non-hydrogen) atoms. The fourth-order valence-corrected chi connectivity index (χ4v) is 3.47. The Hall–Kier alpha value is -4.89. The molecular weight excluding hydrogens is 506 g/mol. The van der Waals surface area contributed by atoms with Gasteiger partial charge in [-0.25, -0.2) is 4.98 Å². The van der Waals surface area contributed by atoms with Crippen LogP contribution >= 0.6 is 12.4 Å². The second kappa shape index (κ2) is 12.9. The van der Waals surface area contributed by atoms with Gasteiger partial charge in [-0.3, -0.25) is 4.79 Å². The number of aromatic nitrogens is 1. The molecule has 0 radical (unpaired) electrons. The third-order valence-corrected chi connectivity index (χ3v) is 5.25. The van der Waals surface area contributed by atoms with E-state index in [0.29, 0.717) is 34.0 Å². The van der Waals surface area contributed by atoms with Gasteiger partial charge >= 0.3 is 0 Å². The molecule has 3 aromatic carbocycles. The van der Waals surface area contributed by atoms with E-state index in [9.17, 15) is 4.79 Å². The molecular formula is C28H26ClN5O4. The molecule has 5 rings (SSSR count). The molecule has 0 aliphatic carbocycles. The predicted molar refractivity (Wildman–Crippen MR) is 152 cm³/mol. The number of fused-ring (bicyclic) bond motifs is 1. The Labute approximate surface area is 225 Å². The quantitative estimate of drug-likeness (QED) is 0.245. The number of hydrogen-bond donors (Lipinski definition) is 2. The first-order chi connectivity index (χ1) is 18.0. The number of anilines is 2. The van der Waals surface area contributed by atoms with Crippen molar-refractivity contribution >= 4 is 46.4 Å². The van der Waals surface area contributed by atoms with Crippen molar-refractivity contribution in [2.24, 2.45) is 10.2 Å². The lowest BCUT2D eigenvalue weighted by molar-refractivity contribution is 0.391. The Morgan fingerprint density at radius 2 is 1.47 bits per heavy atom. The van der Waals surface area contributed by atoms with Gasteiger partial charge in [-0.2, -0.15) is 5.11 Å². The number of benzene rings is 3. The van der Waals surface area contributed by atoms with Gasteiger partial charge < -0.3 is 25.4 Å². The number of para-hydroxylation sites is 1. The maximum atomic E-state index is 12.6. The van der Waals surface area contributed by atoms with Gasteiger partial charge in [0.05, 0.1) is 25.3 Å². The first-order valence-electron chi connectivity index (χ1n) is 11.2. The summed E-state index contributed by atoms with van der Waals surface area (Å²) in [5.74, 6) is 1.77. The number of ether oxygens (including phenoxy) is 2. The molecule has 2 aromatic heterocycles. The normalized spacial score (nSPS) is 10.4. The highest BCUT2D eigenvalue weighted by molar-refractivity contribution is 5.86. The molecule has 0 bridgehead atoms. The Morgan fingerprint density at radius 1 is 0.789 bits per heavy atom. The predicted octanol–water partition coefficient (Wildman–Crippen LogP) is 6.56. The number of halogens is 1. The van der Waals surface area contributed by atoms with Gasteiger partial charge in [-0.05, 0) is 36.4 Å². The average molecular weight is 532 g/mol. The van der Waals surface area contributed by atoms with Crippen LogP contribution in [0.25, 0.3) is 22.3 Å². The summed E-state index contributed by atoms with van der Waals surface area (Å²) in [6.45, 7) is 0. The lowest BCUT2D eigenvalue weighted by Crippen LogP contribution is -2.08. The van der Waals surface area contributed by atoms with Crippen molar-refractivity contribution in [1.82, 2.24) is 4.98 Å². The van der Waals surface area contributed by atoms with Crippen LogP contribution in [0.1, 0.15) is 0 Å². The summed E-state index contributed by atoms with van der Waals surface area (Å²) in [6, 6.07) is 27.3. The topological polar surface area (TPSA) is 138 Å². The third kappa shape index (κ3) is 6.26. The molecule has 194 valence electrons. The SMILES string of the molecule is COc1c(-c2ccccc2)oc2c(OC)cccc2c1=O.Cl.Nc1ccc(N=Nc2ccccc2)c(N)n1. The minimum atomic E-state index is -0.212. The lowest BCUT2D eigenvalue weighted by atomic mass is 10.1. The lowest BCUT2D eigenvalue weighted by Gasteiger charge is -2.10.